The first-order valence-corrected chi connectivity index (χ1v) is 11.1. The lowest BCUT2D eigenvalue weighted by Gasteiger charge is -2.28. The van der Waals surface area contributed by atoms with Gasteiger partial charge in [0.25, 0.3) is 5.56 Å². The van der Waals surface area contributed by atoms with Gasteiger partial charge in [-0.2, -0.15) is 0 Å². The summed E-state index contributed by atoms with van der Waals surface area (Å²) in [6.45, 7) is 5.13. The average Bonchev–Trinajstić information content (AvgIpc) is 3.42. The molecule has 9 heteroatoms. The van der Waals surface area contributed by atoms with Gasteiger partial charge in [0.1, 0.15) is 11.3 Å². The standard InChI is InChI=1S/C24H23N5O4/c1-13-8-15(13)23(31)28-21-10-16-17(11-25-21)22(30)26-12-18(16)24-27-19-9-14(2-3-20(19)33-24)29-4-6-32-7-5-29/h2-3,9-13,15H,4-8H2,1H3,(H,26,30)(H,25,28,31)/t13-,15+/m1/s1. The fourth-order valence-electron chi connectivity index (χ4n) is 4.35. The monoisotopic (exact) mass is 445 g/mol. The van der Waals surface area contributed by atoms with Crippen LogP contribution in [0.1, 0.15) is 13.3 Å². The van der Waals surface area contributed by atoms with Crippen molar-refractivity contribution in [2.45, 2.75) is 13.3 Å². The number of anilines is 2. The first kappa shape index (κ1) is 19.9. The number of amides is 1. The van der Waals surface area contributed by atoms with Gasteiger partial charge in [-0.05, 0) is 36.6 Å². The van der Waals surface area contributed by atoms with Crippen molar-refractivity contribution in [3.63, 3.8) is 0 Å². The number of hydrogen-bond donors (Lipinski definition) is 2. The van der Waals surface area contributed by atoms with E-state index < -0.39 is 0 Å². The van der Waals surface area contributed by atoms with Gasteiger partial charge < -0.3 is 24.4 Å². The Hall–Kier alpha value is -3.72. The normalized spacial score (nSPS) is 20.3. The maximum absolute atomic E-state index is 12.4. The van der Waals surface area contributed by atoms with Crippen molar-refractivity contribution in [3.05, 3.63) is 47.0 Å². The number of benzene rings is 1. The van der Waals surface area contributed by atoms with Gasteiger partial charge in [0.05, 0.1) is 24.2 Å². The number of carbonyl (C=O) groups excluding carboxylic acids is 1. The third-order valence-electron chi connectivity index (χ3n) is 6.46. The Morgan fingerprint density at radius 3 is 2.82 bits per heavy atom. The Balaban J connectivity index is 1.39. The second-order valence-electron chi connectivity index (χ2n) is 8.73. The molecule has 1 saturated carbocycles. The van der Waals surface area contributed by atoms with Crippen molar-refractivity contribution in [2.24, 2.45) is 11.8 Å². The number of aromatic amines is 1. The Morgan fingerprint density at radius 1 is 1.21 bits per heavy atom. The van der Waals surface area contributed by atoms with E-state index in [1.54, 1.807) is 12.3 Å². The number of nitrogens with zero attached hydrogens (tertiary/aromatic N) is 3. The number of aromatic nitrogens is 3. The van der Waals surface area contributed by atoms with Crippen LogP contribution in [-0.4, -0.2) is 47.2 Å². The third kappa shape index (κ3) is 3.64. The molecule has 0 unspecified atom stereocenters. The third-order valence-corrected chi connectivity index (χ3v) is 6.46. The molecule has 168 valence electrons. The van der Waals surface area contributed by atoms with Gasteiger partial charge in [-0.3, -0.25) is 9.59 Å². The first-order chi connectivity index (χ1) is 16.1. The van der Waals surface area contributed by atoms with Crippen LogP contribution in [0.25, 0.3) is 33.3 Å². The van der Waals surface area contributed by atoms with E-state index in [4.69, 9.17) is 14.1 Å². The molecule has 0 spiro atoms. The van der Waals surface area contributed by atoms with Crippen LogP contribution in [0.2, 0.25) is 0 Å². The summed E-state index contributed by atoms with van der Waals surface area (Å²) in [5.41, 5.74) is 2.83. The molecule has 2 N–H and O–H groups in total. The zero-order valence-corrected chi connectivity index (χ0v) is 18.1. The minimum atomic E-state index is -0.263. The fourth-order valence-corrected chi connectivity index (χ4v) is 4.35. The molecule has 4 heterocycles. The Morgan fingerprint density at radius 2 is 2.03 bits per heavy atom. The van der Waals surface area contributed by atoms with Gasteiger partial charge in [-0.25, -0.2) is 9.97 Å². The highest BCUT2D eigenvalue weighted by Gasteiger charge is 2.39. The summed E-state index contributed by atoms with van der Waals surface area (Å²) < 4.78 is 11.5. The quantitative estimate of drug-likeness (QED) is 0.496. The summed E-state index contributed by atoms with van der Waals surface area (Å²) in [5, 5.41) is 3.89. The zero-order chi connectivity index (χ0) is 22.5. The molecule has 2 atom stereocenters. The molecule has 1 saturated heterocycles. The minimum Gasteiger partial charge on any atom is -0.436 e. The molecule has 1 aliphatic carbocycles. The van der Waals surface area contributed by atoms with E-state index in [0.717, 1.165) is 30.7 Å². The SMILES string of the molecule is C[C@@H]1C[C@@H]1C(=O)Nc1cc2c(-c3nc4cc(N5CCOCC5)ccc4o3)c[nH]c(=O)c2cn1. The lowest BCUT2D eigenvalue weighted by Crippen LogP contribution is -2.36. The predicted octanol–water partition coefficient (Wildman–Crippen LogP) is 3.16. The van der Waals surface area contributed by atoms with Crippen molar-refractivity contribution >= 4 is 39.3 Å². The number of oxazole rings is 1. The predicted molar refractivity (Wildman–Crippen MR) is 124 cm³/mol. The van der Waals surface area contributed by atoms with Crippen molar-refractivity contribution in [2.75, 3.05) is 36.5 Å². The molecule has 1 amide bonds. The highest BCUT2D eigenvalue weighted by molar-refractivity contribution is 5.99. The molecule has 0 bridgehead atoms. The van der Waals surface area contributed by atoms with Crippen LogP contribution in [0.5, 0.6) is 0 Å². The number of hydrogen-bond acceptors (Lipinski definition) is 7. The molecule has 0 radical (unpaired) electrons. The highest BCUT2D eigenvalue weighted by atomic mass is 16.5. The van der Waals surface area contributed by atoms with Crippen LogP contribution in [0.15, 0.2) is 45.9 Å². The lowest BCUT2D eigenvalue weighted by atomic mass is 10.1. The maximum Gasteiger partial charge on any atom is 0.257 e. The van der Waals surface area contributed by atoms with Crippen LogP contribution < -0.4 is 15.8 Å². The fraction of sp³-hybridized carbons (Fsp3) is 0.333. The Kier molecular flexibility index (Phi) is 4.65. The number of fused-ring (bicyclic) bond motifs is 2. The molecule has 2 fully saturated rings. The van der Waals surface area contributed by atoms with E-state index in [2.05, 4.69) is 20.2 Å². The lowest BCUT2D eigenvalue weighted by molar-refractivity contribution is -0.117. The van der Waals surface area contributed by atoms with E-state index in [0.29, 0.717) is 52.8 Å². The average molecular weight is 445 g/mol. The number of nitrogens with one attached hydrogen (secondary N) is 2. The molecule has 33 heavy (non-hydrogen) atoms. The second-order valence-corrected chi connectivity index (χ2v) is 8.73. The Labute approximate surface area is 188 Å². The molecule has 1 aromatic carbocycles. The van der Waals surface area contributed by atoms with Gasteiger partial charge in [0.15, 0.2) is 5.58 Å². The van der Waals surface area contributed by atoms with Crippen LogP contribution in [0.4, 0.5) is 11.5 Å². The van der Waals surface area contributed by atoms with E-state index in [1.165, 1.54) is 6.20 Å². The molecule has 2 aliphatic rings. The van der Waals surface area contributed by atoms with E-state index in [-0.39, 0.29) is 17.4 Å². The zero-order valence-electron chi connectivity index (χ0n) is 18.1. The Bertz CT molecular complexity index is 1440. The van der Waals surface area contributed by atoms with Crippen molar-refractivity contribution in [3.8, 4) is 11.5 Å². The molecule has 4 aromatic rings. The number of rotatable bonds is 4. The largest absolute Gasteiger partial charge is 0.436 e. The number of carbonyl (C=O) groups is 1. The topological polar surface area (TPSA) is 113 Å². The summed E-state index contributed by atoms with van der Waals surface area (Å²) >= 11 is 0. The molecule has 6 rings (SSSR count). The van der Waals surface area contributed by atoms with Crippen molar-refractivity contribution < 1.29 is 13.9 Å². The van der Waals surface area contributed by atoms with Gasteiger partial charge >= 0.3 is 0 Å². The van der Waals surface area contributed by atoms with Crippen molar-refractivity contribution in [1.82, 2.24) is 15.0 Å². The van der Waals surface area contributed by atoms with Crippen molar-refractivity contribution in [1.29, 1.82) is 0 Å². The number of H-pyrrole nitrogens is 1. The van der Waals surface area contributed by atoms with Crippen LogP contribution in [-0.2, 0) is 9.53 Å². The van der Waals surface area contributed by atoms with Gasteiger partial charge in [0.2, 0.25) is 11.8 Å². The van der Waals surface area contributed by atoms with Crippen LogP contribution in [0, 0.1) is 11.8 Å². The molecule has 3 aromatic heterocycles. The summed E-state index contributed by atoms with van der Waals surface area (Å²) in [7, 11) is 0. The molecule has 1 aliphatic heterocycles. The summed E-state index contributed by atoms with van der Waals surface area (Å²) in [6, 6.07) is 7.64. The molecular weight excluding hydrogens is 422 g/mol. The second kappa shape index (κ2) is 7.70. The van der Waals surface area contributed by atoms with E-state index >= 15 is 0 Å². The summed E-state index contributed by atoms with van der Waals surface area (Å²) in [5.74, 6) is 1.18. The highest BCUT2D eigenvalue weighted by Crippen LogP contribution is 2.38. The molecular formula is C24H23N5O4. The first-order valence-electron chi connectivity index (χ1n) is 11.1. The maximum atomic E-state index is 12.4. The van der Waals surface area contributed by atoms with Crippen LogP contribution >= 0.6 is 0 Å². The van der Waals surface area contributed by atoms with Gasteiger partial charge in [0, 0.05) is 42.5 Å². The van der Waals surface area contributed by atoms with E-state index in [9.17, 15) is 9.59 Å². The van der Waals surface area contributed by atoms with Crippen LogP contribution in [0.3, 0.4) is 0 Å². The number of ether oxygens (including phenoxy) is 1. The van der Waals surface area contributed by atoms with Gasteiger partial charge in [-0.1, -0.05) is 6.92 Å². The molecule has 9 nitrogen and oxygen atoms in total. The summed E-state index contributed by atoms with van der Waals surface area (Å²) in [4.78, 5) is 38.7. The smallest absolute Gasteiger partial charge is 0.257 e. The minimum absolute atomic E-state index is 0.0267. The van der Waals surface area contributed by atoms with E-state index in [1.807, 2.05) is 25.1 Å². The van der Waals surface area contributed by atoms with Gasteiger partial charge in [-0.15, -0.1) is 0 Å². The summed E-state index contributed by atoms with van der Waals surface area (Å²) in [6.07, 6.45) is 3.95. The number of pyridine rings is 2. The number of morpholine rings is 1.